The number of nitrogens with zero attached hydrogens (tertiary/aromatic N) is 1. The molecule has 3 rings (SSSR count). The van der Waals surface area contributed by atoms with Gasteiger partial charge < -0.3 is 0 Å². The van der Waals surface area contributed by atoms with Gasteiger partial charge in [-0.3, -0.25) is 5.10 Å². The predicted octanol–water partition coefficient (Wildman–Crippen LogP) is 3.09. The zero-order valence-corrected chi connectivity index (χ0v) is 9.07. The van der Waals surface area contributed by atoms with E-state index in [4.69, 9.17) is 0 Å². The van der Waals surface area contributed by atoms with E-state index < -0.39 is 0 Å². The average molecular weight is 225 g/mol. The van der Waals surface area contributed by atoms with Crippen LogP contribution in [0.2, 0.25) is 0 Å². The van der Waals surface area contributed by atoms with Gasteiger partial charge in [0.2, 0.25) is 0 Å². The van der Waals surface area contributed by atoms with Crippen LogP contribution in [-0.4, -0.2) is 10.2 Å². The van der Waals surface area contributed by atoms with Gasteiger partial charge in [-0.2, -0.15) is 5.10 Å². The average Bonchev–Trinajstić information content (AvgIpc) is 2.76. The standard InChI is InChI=1S/C14H10FN2/c15-11-7-5-10(6-8-11)9-14-12-3-1-2-4-13(12)16-17-14/h1,3-8H,9H2,(H,16,17). The van der Waals surface area contributed by atoms with E-state index in [1.807, 2.05) is 18.2 Å². The number of H-pyrrole nitrogens is 1. The molecule has 0 atom stereocenters. The Balaban J connectivity index is 1.97. The highest BCUT2D eigenvalue weighted by molar-refractivity contribution is 5.81. The SMILES string of the molecule is Fc1ccc(Cc2n[nH]c3c[c]ccc23)cc1. The van der Waals surface area contributed by atoms with Crippen LogP contribution in [0.5, 0.6) is 0 Å². The second-order valence-electron chi connectivity index (χ2n) is 3.95. The molecule has 0 fully saturated rings. The van der Waals surface area contributed by atoms with Gasteiger partial charge in [-0.05, 0) is 29.8 Å². The summed E-state index contributed by atoms with van der Waals surface area (Å²) < 4.78 is 12.8. The number of benzene rings is 2. The van der Waals surface area contributed by atoms with Crippen LogP contribution < -0.4 is 0 Å². The third kappa shape index (κ3) is 1.91. The Morgan fingerprint density at radius 1 is 1.18 bits per heavy atom. The van der Waals surface area contributed by atoms with Gasteiger partial charge >= 0.3 is 0 Å². The molecule has 2 nitrogen and oxygen atoms in total. The van der Waals surface area contributed by atoms with E-state index in [0.29, 0.717) is 6.42 Å². The molecule has 83 valence electrons. The van der Waals surface area contributed by atoms with Crippen LogP contribution in [0.15, 0.2) is 42.5 Å². The van der Waals surface area contributed by atoms with Crippen molar-refractivity contribution in [3.63, 3.8) is 0 Å². The van der Waals surface area contributed by atoms with Crippen LogP contribution in [0, 0.1) is 11.9 Å². The molecule has 0 aliphatic heterocycles. The minimum absolute atomic E-state index is 0.213. The van der Waals surface area contributed by atoms with E-state index in [9.17, 15) is 4.39 Å². The van der Waals surface area contributed by atoms with Crippen LogP contribution in [0.25, 0.3) is 10.9 Å². The number of fused-ring (bicyclic) bond motifs is 1. The van der Waals surface area contributed by atoms with Crippen molar-refractivity contribution < 1.29 is 4.39 Å². The first kappa shape index (κ1) is 10.0. The summed E-state index contributed by atoms with van der Waals surface area (Å²) in [6.07, 6.45) is 0.699. The molecule has 0 aliphatic rings. The van der Waals surface area contributed by atoms with E-state index in [0.717, 1.165) is 22.2 Å². The third-order valence-corrected chi connectivity index (χ3v) is 2.77. The Labute approximate surface area is 98.1 Å². The largest absolute Gasteiger partial charge is 0.278 e. The molecule has 0 saturated heterocycles. The Kier molecular flexibility index (Phi) is 2.37. The zero-order valence-electron chi connectivity index (χ0n) is 9.07. The molecular formula is C14H10FN2. The van der Waals surface area contributed by atoms with Crippen LogP contribution in [0.3, 0.4) is 0 Å². The van der Waals surface area contributed by atoms with Crippen molar-refractivity contribution in [1.29, 1.82) is 0 Å². The van der Waals surface area contributed by atoms with Gasteiger partial charge in [0.05, 0.1) is 11.2 Å². The molecule has 0 unspecified atom stereocenters. The smallest absolute Gasteiger partial charge is 0.123 e. The molecule has 0 spiro atoms. The van der Waals surface area contributed by atoms with Crippen molar-refractivity contribution in [3.05, 3.63) is 65.6 Å². The summed E-state index contributed by atoms with van der Waals surface area (Å²) in [5.74, 6) is -0.213. The maximum atomic E-state index is 12.8. The molecule has 0 amide bonds. The molecule has 1 heterocycles. The first-order valence-corrected chi connectivity index (χ1v) is 5.40. The Hall–Kier alpha value is -2.16. The zero-order chi connectivity index (χ0) is 11.7. The molecule has 1 aromatic heterocycles. The number of aromatic amines is 1. The summed E-state index contributed by atoms with van der Waals surface area (Å²) in [7, 11) is 0. The molecule has 1 radical (unpaired) electrons. The van der Waals surface area contributed by atoms with E-state index in [2.05, 4.69) is 16.3 Å². The normalized spacial score (nSPS) is 10.9. The van der Waals surface area contributed by atoms with Gasteiger partial charge in [0.1, 0.15) is 5.82 Å². The van der Waals surface area contributed by atoms with E-state index in [1.54, 1.807) is 12.1 Å². The van der Waals surface area contributed by atoms with Gasteiger partial charge in [-0.1, -0.05) is 24.3 Å². The number of hydrogen-bond donors (Lipinski definition) is 1. The molecule has 17 heavy (non-hydrogen) atoms. The monoisotopic (exact) mass is 225 g/mol. The molecule has 1 N–H and O–H groups in total. The van der Waals surface area contributed by atoms with E-state index >= 15 is 0 Å². The van der Waals surface area contributed by atoms with Crippen molar-refractivity contribution in [2.75, 3.05) is 0 Å². The highest BCUT2D eigenvalue weighted by atomic mass is 19.1. The molecule has 3 aromatic rings. The van der Waals surface area contributed by atoms with Crippen LogP contribution in [0.1, 0.15) is 11.3 Å². The maximum Gasteiger partial charge on any atom is 0.123 e. The van der Waals surface area contributed by atoms with E-state index in [-0.39, 0.29) is 5.82 Å². The summed E-state index contributed by atoms with van der Waals surface area (Å²) >= 11 is 0. The van der Waals surface area contributed by atoms with Crippen molar-refractivity contribution in [2.24, 2.45) is 0 Å². The molecule has 0 bridgehead atoms. The summed E-state index contributed by atoms with van der Waals surface area (Å²) in [5.41, 5.74) is 3.00. The number of aromatic nitrogens is 2. The van der Waals surface area contributed by atoms with Gasteiger partial charge in [0.15, 0.2) is 0 Å². The Morgan fingerprint density at radius 3 is 2.82 bits per heavy atom. The van der Waals surface area contributed by atoms with Crippen molar-refractivity contribution >= 4 is 10.9 Å². The Morgan fingerprint density at radius 2 is 2.00 bits per heavy atom. The highest BCUT2D eigenvalue weighted by Crippen LogP contribution is 2.18. The topological polar surface area (TPSA) is 28.7 Å². The number of nitrogens with one attached hydrogen (secondary N) is 1. The van der Waals surface area contributed by atoms with Gasteiger partial charge in [-0.25, -0.2) is 4.39 Å². The quantitative estimate of drug-likeness (QED) is 0.713. The lowest BCUT2D eigenvalue weighted by Crippen LogP contribution is -1.89. The minimum Gasteiger partial charge on any atom is -0.278 e. The van der Waals surface area contributed by atoms with Gasteiger partial charge in [-0.15, -0.1) is 0 Å². The summed E-state index contributed by atoms with van der Waals surface area (Å²) in [6, 6.07) is 15.2. The summed E-state index contributed by atoms with van der Waals surface area (Å²) in [4.78, 5) is 0. The summed E-state index contributed by atoms with van der Waals surface area (Å²) in [5, 5.41) is 8.33. The fourth-order valence-electron chi connectivity index (χ4n) is 1.89. The fourth-order valence-corrected chi connectivity index (χ4v) is 1.89. The Bertz CT molecular complexity index is 641. The fraction of sp³-hybridized carbons (Fsp3) is 0.0714. The molecular weight excluding hydrogens is 215 g/mol. The van der Waals surface area contributed by atoms with Crippen molar-refractivity contribution in [1.82, 2.24) is 10.2 Å². The second-order valence-corrected chi connectivity index (χ2v) is 3.95. The number of rotatable bonds is 2. The minimum atomic E-state index is -0.213. The van der Waals surface area contributed by atoms with Crippen LogP contribution in [0.4, 0.5) is 4.39 Å². The van der Waals surface area contributed by atoms with Gasteiger partial charge in [0.25, 0.3) is 0 Å². The lowest BCUT2D eigenvalue weighted by atomic mass is 10.1. The van der Waals surface area contributed by atoms with Crippen molar-refractivity contribution in [2.45, 2.75) is 6.42 Å². The number of hydrogen-bond acceptors (Lipinski definition) is 1. The molecule has 0 saturated carbocycles. The molecule has 3 heteroatoms. The number of halogens is 1. The summed E-state index contributed by atoms with van der Waals surface area (Å²) in [6.45, 7) is 0. The lowest BCUT2D eigenvalue weighted by molar-refractivity contribution is 0.627. The van der Waals surface area contributed by atoms with Crippen molar-refractivity contribution in [3.8, 4) is 0 Å². The highest BCUT2D eigenvalue weighted by Gasteiger charge is 2.05. The first-order valence-electron chi connectivity index (χ1n) is 5.40. The van der Waals surface area contributed by atoms with E-state index in [1.165, 1.54) is 12.1 Å². The molecule has 2 aromatic carbocycles. The first-order chi connectivity index (χ1) is 8.33. The van der Waals surface area contributed by atoms with Crippen LogP contribution >= 0.6 is 0 Å². The van der Waals surface area contributed by atoms with Gasteiger partial charge in [0, 0.05) is 11.8 Å². The lowest BCUT2D eigenvalue weighted by Gasteiger charge is -1.98. The third-order valence-electron chi connectivity index (χ3n) is 2.77. The predicted molar refractivity (Wildman–Crippen MR) is 64.1 cm³/mol. The second kappa shape index (κ2) is 4.01. The maximum absolute atomic E-state index is 12.8. The molecule has 0 aliphatic carbocycles. The van der Waals surface area contributed by atoms with Crippen LogP contribution in [-0.2, 0) is 6.42 Å².